The van der Waals surface area contributed by atoms with Gasteiger partial charge in [0.25, 0.3) is 17.5 Å². The molecule has 0 radical (unpaired) electrons. The molecule has 2 amide bonds. The van der Waals surface area contributed by atoms with Crippen molar-refractivity contribution >= 4 is 39.5 Å². The lowest BCUT2D eigenvalue weighted by molar-refractivity contribution is -0.384. The second kappa shape index (κ2) is 9.60. The Balaban J connectivity index is 2.31. The van der Waals surface area contributed by atoms with Gasteiger partial charge >= 0.3 is 0 Å². The van der Waals surface area contributed by atoms with Crippen LogP contribution in [0.4, 0.5) is 5.69 Å². The number of non-ortho nitro benzene ring substituents is 1. The van der Waals surface area contributed by atoms with Gasteiger partial charge in [0.2, 0.25) is 0 Å². The largest absolute Gasteiger partial charge is 0.395 e. The van der Waals surface area contributed by atoms with E-state index < -0.39 is 16.7 Å². The van der Waals surface area contributed by atoms with Crippen molar-refractivity contribution in [3.63, 3.8) is 0 Å². The highest BCUT2D eigenvalue weighted by molar-refractivity contribution is 9.10. The average molecular weight is 434 g/mol. The van der Waals surface area contributed by atoms with E-state index in [-0.39, 0.29) is 24.5 Å². The van der Waals surface area contributed by atoms with Crippen LogP contribution < -0.4 is 10.6 Å². The summed E-state index contributed by atoms with van der Waals surface area (Å²) >= 11 is 3.27. The summed E-state index contributed by atoms with van der Waals surface area (Å²) in [6.45, 7) is -0.268. The lowest BCUT2D eigenvalue weighted by atomic mass is 10.1. The molecule has 9 heteroatoms. The number of aliphatic hydroxyl groups excluding tert-OH is 1. The lowest BCUT2D eigenvalue weighted by Crippen LogP contribution is -2.36. The van der Waals surface area contributed by atoms with Crippen LogP contribution in [0.1, 0.15) is 15.9 Å². The highest BCUT2D eigenvalue weighted by Gasteiger charge is 2.15. The van der Waals surface area contributed by atoms with E-state index in [0.717, 1.165) is 4.47 Å². The Morgan fingerprint density at radius 1 is 1.19 bits per heavy atom. The van der Waals surface area contributed by atoms with Crippen molar-refractivity contribution in [1.29, 1.82) is 0 Å². The summed E-state index contributed by atoms with van der Waals surface area (Å²) in [5.74, 6) is -1.14. The maximum atomic E-state index is 12.4. The van der Waals surface area contributed by atoms with Gasteiger partial charge in [-0.15, -0.1) is 0 Å². The van der Waals surface area contributed by atoms with Crippen LogP contribution in [0.5, 0.6) is 0 Å². The molecule has 0 aliphatic heterocycles. The number of aliphatic hydroxyl groups is 1. The maximum Gasteiger partial charge on any atom is 0.270 e. The number of carbonyl (C=O) groups is 2. The molecule has 2 rings (SSSR count). The van der Waals surface area contributed by atoms with Crippen molar-refractivity contribution in [1.82, 2.24) is 10.6 Å². The van der Waals surface area contributed by atoms with Gasteiger partial charge in [-0.05, 0) is 35.9 Å². The number of carbonyl (C=O) groups excluding carboxylic acids is 2. The van der Waals surface area contributed by atoms with Gasteiger partial charge in [0.15, 0.2) is 0 Å². The van der Waals surface area contributed by atoms with Crippen molar-refractivity contribution in [3.05, 3.63) is 79.9 Å². The van der Waals surface area contributed by atoms with Crippen LogP contribution in [0.3, 0.4) is 0 Å². The van der Waals surface area contributed by atoms with E-state index in [1.165, 1.54) is 24.3 Å². The molecular weight excluding hydrogens is 418 g/mol. The number of hydrogen-bond acceptors (Lipinski definition) is 5. The van der Waals surface area contributed by atoms with Crippen molar-refractivity contribution in [3.8, 4) is 0 Å². The standard InChI is InChI=1S/C18H16BrN3O5/c19-14-6-4-13(5-7-14)17(24)21-16(18(25)20-8-9-23)11-12-2-1-3-15(10-12)22(26)27/h1-7,10-11,23H,8-9H2,(H,20,25)(H,21,24)/b16-11+. The number of nitro groups is 1. The molecule has 0 unspecified atom stereocenters. The Morgan fingerprint density at radius 2 is 1.89 bits per heavy atom. The Labute approximate surface area is 163 Å². The summed E-state index contributed by atoms with van der Waals surface area (Å²) in [5, 5.41) is 24.7. The summed E-state index contributed by atoms with van der Waals surface area (Å²) in [6.07, 6.45) is 1.33. The van der Waals surface area contributed by atoms with Gasteiger partial charge in [0.1, 0.15) is 5.70 Å². The highest BCUT2D eigenvalue weighted by Crippen LogP contribution is 2.16. The number of nitrogens with one attached hydrogen (secondary N) is 2. The summed E-state index contributed by atoms with van der Waals surface area (Å²) in [6, 6.07) is 12.2. The third-order valence-electron chi connectivity index (χ3n) is 3.39. The summed E-state index contributed by atoms with van der Waals surface area (Å²) in [5.41, 5.74) is 0.461. The number of hydrogen-bond donors (Lipinski definition) is 3. The summed E-state index contributed by atoms with van der Waals surface area (Å²) < 4.78 is 0.798. The van der Waals surface area contributed by atoms with Gasteiger partial charge in [-0.25, -0.2) is 0 Å². The van der Waals surface area contributed by atoms with Crippen LogP contribution >= 0.6 is 15.9 Å². The molecule has 2 aromatic rings. The number of amides is 2. The minimum Gasteiger partial charge on any atom is -0.395 e. The van der Waals surface area contributed by atoms with Crippen LogP contribution in [0, 0.1) is 10.1 Å². The first-order chi connectivity index (χ1) is 12.9. The Bertz CT molecular complexity index is 881. The van der Waals surface area contributed by atoms with E-state index >= 15 is 0 Å². The first-order valence-corrected chi connectivity index (χ1v) is 8.62. The number of benzene rings is 2. The Hall–Kier alpha value is -3.04. The Morgan fingerprint density at radius 3 is 2.52 bits per heavy atom. The SMILES string of the molecule is O=C(NCCO)/C(=C\c1cccc([N+](=O)[O-])c1)NC(=O)c1ccc(Br)cc1. The molecule has 0 saturated carbocycles. The molecule has 0 fully saturated rings. The van der Waals surface area contributed by atoms with E-state index in [2.05, 4.69) is 26.6 Å². The first kappa shape index (κ1) is 20.3. The zero-order valence-corrected chi connectivity index (χ0v) is 15.6. The van der Waals surface area contributed by atoms with Crippen molar-refractivity contribution in [2.45, 2.75) is 0 Å². The van der Waals surface area contributed by atoms with Gasteiger partial charge in [0, 0.05) is 28.7 Å². The molecule has 27 heavy (non-hydrogen) atoms. The van der Waals surface area contributed by atoms with E-state index in [0.29, 0.717) is 11.1 Å². The van der Waals surface area contributed by atoms with E-state index in [4.69, 9.17) is 5.11 Å². The van der Waals surface area contributed by atoms with Crippen LogP contribution in [0.25, 0.3) is 6.08 Å². The molecule has 0 heterocycles. The van der Waals surface area contributed by atoms with E-state index in [1.54, 1.807) is 30.3 Å². The predicted molar refractivity (Wildman–Crippen MR) is 103 cm³/mol. The molecule has 0 aliphatic carbocycles. The second-order valence-electron chi connectivity index (χ2n) is 5.35. The minimum absolute atomic E-state index is 0.000729. The molecule has 0 atom stereocenters. The molecule has 2 aromatic carbocycles. The van der Waals surface area contributed by atoms with Crippen LogP contribution in [0.15, 0.2) is 58.7 Å². The maximum absolute atomic E-state index is 12.4. The lowest BCUT2D eigenvalue weighted by Gasteiger charge is -2.11. The minimum atomic E-state index is -0.624. The molecule has 0 aliphatic rings. The molecule has 0 bridgehead atoms. The van der Waals surface area contributed by atoms with Crippen LogP contribution in [-0.4, -0.2) is 35.0 Å². The van der Waals surface area contributed by atoms with Gasteiger partial charge in [-0.1, -0.05) is 28.1 Å². The van der Waals surface area contributed by atoms with Gasteiger partial charge < -0.3 is 15.7 Å². The fourth-order valence-corrected chi connectivity index (χ4v) is 2.38. The highest BCUT2D eigenvalue weighted by atomic mass is 79.9. The molecule has 3 N–H and O–H groups in total. The zero-order valence-electron chi connectivity index (χ0n) is 14.0. The fourth-order valence-electron chi connectivity index (χ4n) is 2.11. The monoisotopic (exact) mass is 433 g/mol. The smallest absolute Gasteiger partial charge is 0.270 e. The van der Waals surface area contributed by atoms with Crippen LogP contribution in [-0.2, 0) is 4.79 Å². The first-order valence-electron chi connectivity index (χ1n) is 7.83. The third kappa shape index (κ3) is 6.01. The summed E-state index contributed by atoms with van der Waals surface area (Å²) in [7, 11) is 0. The Kier molecular flexibility index (Phi) is 7.21. The number of nitrogens with zero attached hydrogens (tertiary/aromatic N) is 1. The molecule has 0 saturated heterocycles. The third-order valence-corrected chi connectivity index (χ3v) is 3.92. The fraction of sp³-hybridized carbons (Fsp3) is 0.111. The molecule has 0 spiro atoms. The molecule has 0 aromatic heterocycles. The van der Waals surface area contributed by atoms with Crippen LogP contribution in [0.2, 0.25) is 0 Å². The van der Waals surface area contributed by atoms with E-state index in [9.17, 15) is 19.7 Å². The predicted octanol–water partition coefficient (Wildman–Crippen LogP) is 2.24. The molecule has 8 nitrogen and oxygen atoms in total. The van der Waals surface area contributed by atoms with Gasteiger partial charge in [0.05, 0.1) is 11.5 Å². The van der Waals surface area contributed by atoms with Crippen molar-refractivity contribution in [2.75, 3.05) is 13.2 Å². The molecule has 140 valence electrons. The van der Waals surface area contributed by atoms with Crippen molar-refractivity contribution in [2.24, 2.45) is 0 Å². The quantitative estimate of drug-likeness (QED) is 0.351. The number of nitro benzene ring substituents is 1. The average Bonchev–Trinajstić information content (AvgIpc) is 2.66. The number of halogens is 1. The topological polar surface area (TPSA) is 122 Å². The molecular formula is C18H16BrN3O5. The number of rotatable bonds is 7. The zero-order chi connectivity index (χ0) is 19.8. The normalized spacial score (nSPS) is 11.0. The summed E-state index contributed by atoms with van der Waals surface area (Å²) in [4.78, 5) is 35.1. The second-order valence-corrected chi connectivity index (χ2v) is 6.27. The van der Waals surface area contributed by atoms with Gasteiger partial charge in [-0.2, -0.15) is 0 Å². The van der Waals surface area contributed by atoms with Gasteiger partial charge in [-0.3, -0.25) is 19.7 Å². The van der Waals surface area contributed by atoms with Crippen molar-refractivity contribution < 1.29 is 19.6 Å². The van der Waals surface area contributed by atoms with E-state index in [1.807, 2.05) is 0 Å².